The van der Waals surface area contributed by atoms with Crippen molar-refractivity contribution in [3.8, 4) is 0 Å². The van der Waals surface area contributed by atoms with E-state index in [1.807, 2.05) is 16.8 Å². The van der Waals surface area contributed by atoms with E-state index in [1.165, 1.54) is 12.8 Å². The quantitative estimate of drug-likeness (QED) is 0.904. The number of aromatic nitrogens is 3. The summed E-state index contributed by atoms with van der Waals surface area (Å²) >= 11 is 0. The molecule has 1 atom stereocenters. The van der Waals surface area contributed by atoms with Crippen LogP contribution < -0.4 is 10.2 Å². The number of anilines is 1. The molecule has 0 radical (unpaired) electrons. The minimum atomic E-state index is 0.562. The Morgan fingerprint density at radius 2 is 2.30 bits per heavy atom. The van der Waals surface area contributed by atoms with Crippen molar-refractivity contribution in [2.45, 2.75) is 32.7 Å². The van der Waals surface area contributed by atoms with E-state index >= 15 is 0 Å². The van der Waals surface area contributed by atoms with Gasteiger partial charge in [0.1, 0.15) is 5.82 Å². The summed E-state index contributed by atoms with van der Waals surface area (Å²) in [6.07, 6.45) is 6.28. The number of nitrogens with zero attached hydrogens (tertiary/aromatic N) is 4. The average molecular weight is 273 g/mol. The Bertz CT molecular complexity index is 562. The molecule has 0 amide bonds. The zero-order valence-corrected chi connectivity index (χ0v) is 12.3. The van der Waals surface area contributed by atoms with Crippen LogP contribution in [0.25, 0.3) is 5.65 Å². The first-order chi connectivity index (χ1) is 9.74. The Balaban J connectivity index is 1.70. The molecule has 1 saturated heterocycles. The Kier molecular flexibility index (Phi) is 3.87. The lowest BCUT2D eigenvalue weighted by Gasteiger charge is -2.26. The van der Waals surface area contributed by atoms with Crippen molar-refractivity contribution >= 4 is 11.5 Å². The molecule has 0 aliphatic carbocycles. The summed E-state index contributed by atoms with van der Waals surface area (Å²) in [5.74, 6) is 1.78. The van der Waals surface area contributed by atoms with E-state index in [0.717, 1.165) is 31.1 Å². The Morgan fingerprint density at radius 3 is 3.15 bits per heavy atom. The molecule has 0 saturated carbocycles. The van der Waals surface area contributed by atoms with Gasteiger partial charge in [0.05, 0.1) is 6.20 Å². The van der Waals surface area contributed by atoms with E-state index < -0.39 is 0 Å². The van der Waals surface area contributed by atoms with Crippen molar-refractivity contribution < 1.29 is 0 Å². The van der Waals surface area contributed by atoms with Crippen molar-refractivity contribution in [1.82, 2.24) is 19.9 Å². The van der Waals surface area contributed by atoms with E-state index in [1.54, 1.807) is 6.20 Å². The molecule has 1 unspecified atom stereocenters. The van der Waals surface area contributed by atoms with Crippen molar-refractivity contribution in [1.29, 1.82) is 0 Å². The van der Waals surface area contributed by atoms with E-state index in [0.29, 0.717) is 12.0 Å². The van der Waals surface area contributed by atoms with Gasteiger partial charge in [-0.15, -0.1) is 0 Å². The molecule has 3 rings (SSSR count). The molecule has 108 valence electrons. The summed E-state index contributed by atoms with van der Waals surface area (Å²) in [5.41, 5.74) is 0.920. The highest BCUT2D eigenvalue weighted by Crippen LogP contribution is 2.23. The molecule has 2 aromatic rings. The molecular formula is C15H23N5. The van der Waals surface area contributed by atoms with Gasteiger partial charge in [-0.3, -0.25) is 0 Å². The maximum absolute atomic E-state index is 4.71. The molecular weight excluding hydrogens is 250 g/mol. The zero-order valence-electron chi connectivity index (χ0n) is 12.3. The van der Waals surface area contributed by atoms with Crippen molar-refractivity contribution in [2.75, 3.05) is 24.5 Å². The maximum atomic E-state index is 4.71. The van der Waals surface area contributed by atoms with Gasteiger partial charge < -0.3 is 10.2 Å². The summed E-state index contributed by atoms with van der Waals surface area (Å²) in [6.45, 7) is 7.72. The molecule has 20 heavy (non-hydrogen) atoms. The van der Waals surface area contributed by atoms with Crippen LogP contribution in [0.3, 0.4) is 0 Å². The highest BCUT2D eigenvalue weighted by Gasteiger charge is 2.25. The largest absolute Gasteiger partial charge is 0.352 e. The molecule has 1 aliphatic rings. The number of rotatable bonds is 5. The van der Waals surface area contributed by atoms with Gasteiger partial charge in [-0.2, -0.15) is 5.10 Å². The molecule has 0 spiro atoms. The normalized spacial score (nSPS) is 19.4. The van der Waals surface area contributed by atoms with Gasteiger partial charge in [0.2, 0.25) is 0 Å². The van der Waals surface area contributed by atoms with E-state index in [9.17, 15) is 0 Å². The first-order valence-electron chi connectivity index (χ1n) is 7.52. The van der Waals surface area contributed by atoms with Crippen LogP contribution in [0, 0.1) is 5.92 Å². The molecule has 5 nitrogen and oxygen atoms in total. The molecule has 1 N–H and O–H groups in total. The average Bonchev–Trinajstić information content (AvgIpc) is 3.05. The number of fused-ring (bicyclic) bond motifs is 1. The predicted octanol–water partition coefficient (Wildman–Crippen LogP) is 1.94. The van der Waals surface area contributed by atoms with Crippen LogP contribution in [0.5, 0.6) is 0 Å². The number of nitrogens with one attached hydrogen (secondary N) is 1. The summed E-state index contributed by atoms with van der Waals surface area (Å²) < 4.78 is 1.81. The van der Waals surface area contributed by atoms with Gasteiger partial charge >= 0.3 is 0 Å². The van der Waals surface area contributed by atoms with E-state index in [-0.39, 0.29) is 0 Å². The molecule has 0 aromatic carbocycles. The molecule has 2 aromatic heterocycles. The van der Waals surface area contributed by atoms with Gasteiger partial charge in [-0.25, -0.2) is 9.50 Å². The third kappa shape index (κ3) is 2.77. The molecule has 3 heterocycles. The standard InChI is InChI=1S/C15H23N5/c1-12(2)10-16-11-13-4-3-8-19(13)14-6-9-20-15(18-14)5-7-17-20/h5-7,9,12-13,16H,3-4,8,10-11H2,1-2H3. The van der Waals surface area contributed by atoms with Crippen LogP contribution in [0.4, 0.5) is 5.82 Å². The van der Waals surface area contributed by atoms with Crippen LogP contribution >= 0.6 is 0 Å². The van der Waals surface area contributed by atoms with Crippen LogP contribution in [0.15, 0.2) is 24.5 Å². The third-order valence-electron chi connectivity index (χ3n) is 3.85. The van der Waals surface area contributed by atoms with Crippen molar-refractivity contribution in [3.05, 3.63) is 24.5 Å². The van der Waals surface area contributed by atoms with E-state index in [4.69, 9.17) is 4.98 Å². The summed E-state index contributed by atoms with van der Waals surface area (Å²) in [7, 11) is 0. The van der Waals surface area contributed by atoms with Gasteiger partial charge in [-0.1, -0.05) is 13.8 Å². The third-order valence-corrected chi connectivity index (χ3v) is 3.85. The lowest BCUT2D eigenvalue weighted by Crippen LogP contribution is -2.39. The Labute approximate surface area is 120 Å². The Morgan fingerprint density at radius 1 is 1.40 bits per heavy atom. The monoisotopic (exact) mass is 273 g/mol. The van der Waals surface area contributed by atoms with E-state index in [2.05, 4.69) is 35.2 Å². The fraction of sp³-hybridized carbons (Fsp3) is 0.600. The van der Waals surface area contributed by atoms with Gasteiger partial charge in [0.15, 0.2) is 5.65 Å². The fourth-order valence-corrected chi connectivity index (χ4v) is 2.85. The van der Waals surface area contributed by atoms with Crippen molar-refractivity contribution in [3.63, 3.8) is 0 Å². The zero-order chi connectivity index (χ0) is 13.9. The second-order valence-electron chi connectivity index (χ2n) is 5.96. The number of hydrogen-bond donors (Lipinski definition) is 1. The molecule has 5 heteroatoms. The van der Waals surface area contributed by atoms with Crippen LogP contribution in [-0.2, 0) is 0 Å². The first-order valence-corrected chi connectivity index (χ1v) is 7.52. The molecule has 1 fully saturated rings. The summed E-state index contributed by atoms with van der Waals surface area (Å²) in [6, 6.07) is 4.58. The fourth-order valence-electron chi connectivity index (χ4n) is 2.85. The number of hydrogen-bond acceptors (Lipinski definition) is 4. The van der Waals surface area contributed by atoms with Gasteiger partial charge in [0, 0.05) is 31.4 Å². The summed E-state index contributed by atoms with van der Waals surface area (Å²) in [4.78, 5) is 7.14. The summed E-state index contributed by atoms with van der Waals surface area (Å²) in [5, 5.41) is 7.77. The topological polar surface area (TPSA) is 45.5 Å². The van der Waals surface area contributed by atoms with Crippen LogP contribution in [-0.4, -0.2) is 40.3 Å². The highest BCUT2D eigenvalue weighted by molar-refractivity contribution is 5.48. The highest BCUT2D eigenvalue weighted by atomic mass is 15.3. The lowest BCUT2D eigenvalue weighted by molar-refractivity contribution is 0.511. The first kappa shape index (κ1) is 13.4. The lowest BCUT2D eigenvalue weighted by atomic mass is 10.2. The second kappa shape index (κ2) is 5.79. The molecule has 0 bridgehead atoms. The van der Waals surface area contributed by atoms with Crippen LogP contribution in [0.1, 0.15) is 26.7 Å². The van der Waals surface area contributed by atoms with Gasteiger partial charge in [0.25, 0.3) is 0 Å². The SMILES string of the molecule is CC(C)CNCC1CCCN1c1ccn2nccc2n1. The minimum absolute atomic E-state index is 0.562. The maximum Gasteiger partial charge on any atom is 0.157 e. The minimum Gasteiger partial charge on any atom is -0.352 e. The second-order valence-corrected chi connectivity index (χ2v) is 5.96. The van der Waals surface area contributed by atoms with Gasteiger partial charge in [-0.05, 0) is 31.4 Å². The van der Waals surface area contributed by atoms with Crippen LogP contribution in [0.2, 0.25) is 0 Å². The van der Waals surface area contributed by atoms with Crippen molar-refractivity contribution in [2.24, 2.45) is 5.92 Å². The predicted molar refractivity (Wildman–Crippen MR) is 81.1 cm³/mol. The Hall–Kier alpha value is -1.62. The molecule has 1 aliphatic heterocycles. The smallest absolute Gasteiger partial charge is 0.157 e.